The largest absolute Gasteiger partial charge is 2.00 e. The van der Waals surface area contributed by atoms with Gasteiger partial charge in [-0.15, -0.1) is 0 Å². The van der Waals surface area contributed by atoms with Crippen LogP contribution in [-0.4, -0.2) is 65.7 Å². The van der Waals surface area contributed by atoms with E-state index >= 15 is 0 Å². The quantitative estimate of drug-likeness (QED) is 0.121. The van der Waals surface area contributed by atoms with Crippen LogP contribution in [0.25, 0.3) is 34.2 Å². The monoisotopic (exact) mass is 1070 g/mol. The molecule has 6 heterocycles. The van der Waals surface area contributed by atoms with Gasteiger partial charge in [0, 0.05) is 70.6 Å². The van der Waals surface area contributed by atoms with E-state index in [1.807, 2.05) is 0 Å². The van der Waals surface area contributed by atoms with Crippen LogP contribution in [0.5, 0.6) is 0 Å². The van der Waals surface area contributed by atoms with Crippen molar-refractivity contribution in [1.29, 1.82) is 0 Å². The van der Waals surface area contributed by atoms with Crippen molar-refractivity contribution in [2.24, 2.45) is 0 Å². The second-order valence-corrected chi connectivity index (χ2v) is 10.3. The SMILES string of the molecule is O=C([O-])c1ccnc(-c2cc(C(=O)[O-])ccn2)c1.O=C([O-])c1ccnc(-c2cc(C(=O)[O-])ccn2)c1.O=C([O-])c1ccnc(-c2cc(C(=O)[O-])ccn2)c1.[K+].[K+].[K+].[K+].[Os+2]. The molecule has 6 aromatic rings. The molecular formula is C36H18K4N6O12Os. The number of rotatable bonds is 9. The molecule has 0 unspecified atom stereocenters. The van der Waals surface area contributed by atoms with Gasteiger partial charge in [0.25, 0.3) is 0 Å². The Kier molecular flexibility index (Phi) is 30.6. The van der Waals surface area contributed by atoms with Crippen LogP contribution in [0.1, 0.15) is 62.1 Å². The molecule has 0 N–H and O–H groups in total. The molecule has 18 nitrogen and oxygen atoms in total. The first kappa shape index (κ1) is 60.0. The van der Waals surface area contributed by atoms with E-state index in [1.165, 1.54) is 110 Å². The molecule has 59 heavy (non-hydrogen) atoms. The first-order chi connectivity index (χ1) is 25.7. The van der Waals surface area contributed by atoms with E-state index in [0.717, 1.165) is 0 Å². The minimum atomic E-state index is -1.34. The van der Waals surface area contributed by atoms with Gasteiger partial charge in [0.15, 0.2) is 0 Å². The van der Waals surface area contributed by atoms with Crippen LogP contribution in [0, 0.1) is 0 Å². The number of pyridine rings is 6. The predicted molar refractivity (Wildman–Crippen MR) is 168 cm³/mol. The zero-order valence-corrected chi connectivity index (χ0v) is 46.4. The Morgan fingerprint density at radius 3 is 0.508 bits per heavy atom. The van der Waals surface area contributed by atoms with Crippen LogP contribution in [-0.2, 0) is 19.8 Å². The number of carboxylic acid groups (broad SMARTS) is 6. The number of carbonyl (C=O) groups excluding carboxylic acids is 6. The van der Waals surface area contributed by atoms with E-state index in [4.69, 9.17) is 0 Å². The molecule has 0 spiro atoms. The number of hydrogen-bond donors (Lipinski definition) is 0. The van der Waals surface area contributed by atoms with Crippen molar-refractivity contribution in [3.63, 3.8) is 0 Å². The van der Waals surface area contributed by atoms with E-state index in [9.17, 15) is 59.4 Å². The minimum absolute atomic E-state index is 0. The average molecular weight is 1070 g/mol. The number of hydrogen-bond acceptors (Lipinski definition) is 18. The maximum atomic E-state index is 10.7. The molecule has 0 saturated heterocycles. The van der Waals surface area contributed by atoms with Crippen LogP contribution in [0.3, 0.4) is 0 Å². The van der Waals surface area contributed by atoms with Crippen molar-refractivity contribution >= 4 is 35.8 Å². The van der Waals surface area contributed by atoms with Gasteiger partial charge >= 0.3 is 225 Å². The Morgan fingerprint density at radius 2 is 0.407 bits per heavy atom. The molecule has 23 heteroatoms. The maximum Gasteiger partial charge on any atom is 2.00 e. The topological polar surface area (TPSA) is 318 Å². The molecule has 0 amide bonds. The van der Waals surface area contributed by atoms with Gasteiger partial charge in [0.1, 0.15) is 0 Å². The molecule has 0 saturated carbocycles. The number of carboxylic acids is 6. The zero-order valence-electron chi connectivity index (χ0n) is 31.3. The van der Waals surface area contributed by atoms with Crippen molar-refractivity contribution in [1.82, 2.24) is 29.9 Å². The maximum absolute atomic E-state index is 10.7. The van der Waals surface area contributed by atoms with Gasteiger partial charge < -0.3 is 59.4 Å². The summed E-state index contributed by atoms with van der Waals surface area (Å²) in [6.45, 7) is 0. The summed E-state index contributed by atoms with van der Waals surface area (Å²) in [4.78, 5) is 87.7. The molecule has 0 aliphatic heterocycles. The smallest absolute Gasteiger partial charge is 0.545 e. The van der Waals surface area contributed by atoms with E-state index in [1.54, 1.807) is 0 Å². The Labute approximate surface area is 517 Å². The van der Waals surface area contributed by atoms with Crippen molar-refractivity contribution < 1.29 is 285 Å². The van der Waals surface area contributed by atoms with Gasteiger partial charge in [-0.25, -0.2) is 0 Å². The summed E-state index contributed by atoms with van der Waals surface area (Å²) < 4.78 is 0. The second-order valence-electron chi connectivity index (χ2n) is 10.3. The first-order valence-electron chi connectivity index (χ1n) is 14.8. The molecule has 0 bridgehead atoms. The average Bonchev–Trinajstić information content (AvgIpc) is 3.18. The Balaban J connectivity index is 0. The summed E-state index contributed by atoms with van der Waals surface area (Å²) in [5.74, 6) is -8.03. The number of carbonyl (C=O) groups is 6. The molecule has 0 radical (unpaired) electrons. The van der Waals surface area contributed by atoms with Crippen LogP contribution in [0.4, 0.5) is 0 Å². The minimum Gasteiger partial charge on any atom is -0.545 e. The zero-order chi connectivity index (χ0) is 39.4. The van der Waals surface area contributed by atoms with E-state index in [-0.39, 0.29) is 293 Å². The summed E-state index contributed by atoms with van der Waals surface area (Å²) in [5, 5.41) is 64.2. The van der Waals surface area contributed by atoms with E-state index in [0.29, 0.717) is 0 Å². The van der Waals surface area contributed by atoms with Gasteiger partial charge in [0.2, 0.25) is 0 Å². The third-order valence-corrected chi connectivity index (χ3v) is 6.76. The molecular weight excluding hydrogens is 1060 g/mol. The Morgan fingerprint density at radius 1 is 0.288 bits per heavy atom. The van der Waals surface area contributed by atoms with Gasteiger partial charge in [-0.3, -0.25) is 29.9 Å². The van der Waals surface area contributed by atoms with E-state index in [2.05, 4.69) is 29.9 Å². The number of aromatic carboxylic acids is 6. The van der Waals surface area contributed by atoms with Crippen molar-refractivity contribution in [2.75, 3.05) is 0 Å². The van der Waals surface area contributed by atoms with Crippen LogP contribution >= 0.6 is 0 Å². The molecule has 276 valence electrons. The summed E-state index contributed by atoms with van der Waals surface area (Å²) in [7, 11) is 0. The second kappa shape index (κ2) is 30.1. The molecule has 0 fully saturated rings. The van der Waals surface area contributed by atoms with Crippen molar-refractivity contribution in [3.05, 3.63) is 143 Å². The molecule has 0 aliphatic carbocycles. The van der Waals surface area contributed by atoms with Gasteiger partial charge in [-0.2, -0.15) is 0 Å². The fourth-order valence-corrected chi connectivity index (χ4v) is 4.19. The normalized spacial score (nSPS) is 9.15. The van der Waals surface area contributed by atoms with E-state index < -0.39 is 35.8 Å². The predicted octanol–water partition coefficient (Wildman–Crippen LogP) is -15.4. The standard InChI is InChI=1S/3C12H8N2O4.4K.Os/c3*15-11(16)7-1-3-13-9(5-7)10-6-8(12(17)18)2-4-14-10;;;;;/h3*1-6H,(H,15,16)(H,17,18);;;;;/q;;;4*+1;+2/p-6. The Bertz CT molecular complexity index is 2000. The molecule has 6 rings (SSSR count). The van der Waals surface area contributed by atoms with Crippen LogP contribution in [0.2, 0.25) is 0 Å². The molecule has 0 aliphatic rings. The summed E-state index contributed by atoms with van der Waals surface area (Å²) in [5.41, 5.74) is 1.17. The van der Waals surface area contributed by atoms with Gasteiger partial charge in [-0.05, 0) is 72.8 Å². The molecule has 6 aromatic heterocycles. The van der Waals surface area contributed by atoms with Gasteiger partial charge in [0.05, 0.1) is 70.0 Å². The fourth-order valence-electron chi connectivity index (χ4n) is 4.19. The third kappa shape index (κ3) is 19.0. The number of aromatic nitrogens is 6. The summed E-state index contributed by atoms with van der Waals surface area (Å²) >= 11 is 0. The summed E-state index contributed by atoms with van der Waals surface area (Å²) in [6.07, 6.45) is 7.71. The molecule has 0 atom stereocenters. The first-order valence-corrected chi connectivity index (χ1v) is 14.8. The van der Waals surface area contributed by atoms with Crippen LogP contribution < -0.4 is 236 Å². The van der Waals surface area contributed by atoms with Crippen molar-refractivity contribution in [3.8, 4) is 34.2 Å². The van der Waals surface area contributed by atoms with Crippen LogP contribution in [0.15, 0.2) is 110 Å². The van der Waals surface area contributed by atoms with Gasteiger partial charge in [-0.1, -0.05) is 0 Å². The van der Waals surface area contributed by atoms with Crippen molar-refractivity contribution in [2.45, 2.75) is 0 Å². The number of nitrogens with zero attached hydrogens (tertiary/aromatic N) is 6. The summed E-state index contributed by atoms with van der Waals surface area (Å²) in [6, 6.07) is 15.2. The third-order valence-electron chi connectivity index (χ3n) is 6.76. The fraction of sp³-hybridized carbons (Fsp3) is 0. The molecule has 0 aromatic carbocycles. The Hall–Kier alpha value is -1.10.